The van der Waals surface area contributed by atoms with E-state index in [-0.39, 0.29) is 31.1 Å². The van der Waals surface area contributed by atoms with Crippen molar-refractivity contribution in [2.45, 2.75) is 348 Å². The maximum atomic E-state index is 12.9. The normalized spacial score (nSPS) is 12.8. The van der Waals surface area contributed by atoms with Gasteiger partial charge in [-0.15, -0.1) is 0 Å². The van der Waals surface area contributed by atoms with Crippen LogP contribution < -0.4 is 0 Å². The molecular weight excluding hydrogens is 1020 g/mol. The Bertz CT molecular complexity index is 1660. The molecular formula is C77H132O6. The zero-order valence-electron chi connectivity index (χ0n) is 54.7. The summed E-state index contributed by atoms with van der Waals surface area (Å²) in [5.74, 6) is -0.888. The number of carbonyl (C=O) groups is 3. The number of ether oxygens (including phenoxy) is 3. The number of hydrogen-bond donors (Lipinski definition) is 0. The quantitative estimate of drug-likeness (QED) is 0.0261. The second-order valence-electron chi connectivity index (χ2n) is 23.4. The van der Waals surface area contributed by atoms with Crippen LogP contribution in [-0.2, 0) is 28.6 Å². The highest BCUT2D eigenvalue weighted by molar-refractivity contribution is 5.71. The molecule has 1 unspecified atom stereocenters. The van der Waals surface area contributed by atoms with E-state index in [2.05, 4.69) is 130 Å². The molecule has 0 aliphatic heterocycles. The van der Waals surface area contributed by atoms with Gasteiger partial charge in [-0.25, -0.2) is 0 Å². The van der Waals surface area contributed by atoms with Crippen LogP contribution in [0.2, 0.25) is 0 Å². The minimum atomic E-state index is -0.788. The molecule has 0 amide bonds. The third kappa shape index (κ3) is 68.7. The van der Waals surface area contributed by atoms with Gasteiger partial charge in [0, 0.05) is 19.3 Å². The number of rotatable bonds is 64. The van der Waals surface area contributed by atoms with Crippen molar-refractivity contribution in [1.29, 1.82) is 0 Å². The molecule has 476 valence electrons. The number of unbranched alkanes of at least 4 members (excludes halogenated alkanes) is 35. The molecule has 0 fully saturated rings. The zero-order valence-corrected chi connectivity index (χ0v) is 54.7. The molecule has 0 radical (unpaired) electrons. The van der Waals surface area contributed by atoms with E-state index in [9.17, 15) is 14.4 Å². The fourth-order valence-electron chi connectivity index (χ4n) is 10.0. The predicted molar refractivity (Wildman–Crippen MR) is 362 cm³/mol. The molecule has 0 aromatic rings. The molecule has 1 atom stereocenters. The summed E-state index contributed by atoms with van der Waals surface area (Å²) in [6, 6.07) is 0. The second kappa shape index (κ2) is 70.6. The molecule has 0 spiro atoms. The summed E-state index contributed by atoms with van der Waals surface area (Å²) in [5, 5.41) is 0. The third-order valence-corrected chi connectivity index (χ3v) is 15.2. The van der Waals surface area contributed by atoms with Crippen LogP contribution in [-0.4, -0.2) is 37.2 Å². The molecule has 0 aliphatic rings. The van der Waals surface area contributed by atoms with Crippen molar-refractivity contribution in [3.63, 3.8) is 0 Å². The van der Waals surface area contributed by atoms with Crippen LogP contribution in [0.1, 0.15) is 342 Å². The molecule has 0 bridgehead atoms. The first-order valence-electron chi connectivity index (χ1n) is 35.4. The highest BCUT2D eigenvalue weighted by Gasteiger charge is 2.19. The van der Waals surface area contributed by atoms with Gasteiger partial charge in [0.2, 0.25) is 0 Å². The molecule has 0 aliphatic carbocycles. The average Bonchev–Trinajstić information content (AvgIpc) is 3.49. The lowest BCUT2D eigenvalue weighted by molar-refractivity contribution is -0.167. The topological polar surface area (TPSA) is 78.9 Å². The fraction of sp³-hybridized carbons (Fsp3) is 0.727. The van der Waals surface area contributed by atoms with Gasteiger partial charge in [0.05, 0.1) is 0 Å². The highest BCUT2D eigenvalue weighted by atomic mass is 16.6. The fourth-order valence-corrected chi connectivity index (χ4v) is 10.0. The molecule has 6 nitrogen and oxygen atoms in total. The van der Waals surface area contributed by atoms with E-state index in [1.54, 1.807) is 0 Å². The van der Waals surface area contributed by atoms with Gasteiger partial charge in [-0.2, -0.15) is 0 Å². The first-order valence-corrected chi connectivity index (χ1v) is 35.4. The van der Waals surface area contributed by atoms with Gasteiger partial charge in [0.1, 0.15) is 13.2 Å². The minimum Gasteiger partial charge on any atom is -0.462 e. The second-order valence-corrected chi connectivity index (χ2v) is 23.4. The molecule has 0 N–H and O–H groups in total. The maximum absolute atomic E-state index is 12.9. The van der Waals surface area contributed by atoms with Gasteiger partial charge in [-0.05, 0) is 122 Å². The Morgan fingerprint density at radius 2 is 0.470 bits per heavy atom. The first-order chi connectivity index (χ1) is 41.0. The van der Waals surface area contributed by atoms with Crippen molar-refractivity contribution >= 4 is 17.9 Å². The smallest absolute Gasteiger partial charge is 0.306 e. The van der Waals surface area contributed by atoms with Crippen molar-refractivity contribution in [2.24, 2.45) is 0 Å². The van der Waals surface area contributed by atoms with Gasteiger partial charge >= 0.3 is 17.9 Å². The van der Waals surface area contributed by atoms with E-state index in [0.717, 1.165) is 128 Å². The molecule has 6 heteroatoms. The molecule has 0 saturated carbocycles. The summed E-state index contributed by atoms with van der Waals surface area (Å²) in [6.45, 7) is 6.43. The number of carbonyl (C=O) groups excluding carboxylic acids is 3. The lowest BCUT2D eigenvalue weighted by atomic mass is 10.0. The van der Waals surface area contributed by atoms with Crippen molar-refractivity contribution in [2.75, 3.05) is 13.2 Å². The van der Waals surface area contributed by atoms with Gasteiger partial charge in [-0.3, -0.25) is 14.4 Å². The van der Waals surface area contributed by atoms with Crippen molar-refractivity contribution in [3.05, 3.63) is 109 Å². The monoisotopic (exact) mass is 1150 g/mol. The predicted octanol–water partition coefficient (Wildman–Crippen LogP) is 24.6. The molecule has 0 aromatic heterocycles. The van der Waals surface area contributed by atoms with Gasteiger partial charge in [-0.1, -0.05) is 310 Å². The van der Waals surface area contributed by atoms with Gasteiger partial charge in [0.15, 0.2) is 6.10 Å². The molecule has 83 heavy (non-hydrogen) atoms. The Balaban J connectivity index is 4.26. The van der Waals surface area contributed by atoms with Crippen molar-refractivity contribution < 1.29 is 28.6 Å². The molecule has 0 saturated heterocycles. The van der Waals surface area contributed by atoms with E-state index in [1.807, 2.05) is 0 Å². The first kappa shape index (κ1) is 79.1. The van der Waals surface area contributed by atoms with Crippen LogP contribution >= 0.6 is 0 Å². The lowest BCUT2D eigenvalue weighted by Gasteiger charge is -2.18. The minimum absolute atomic E-state index is 0.0825. The summed E-state index contributed by atoms with van der Waals surface area (Å²) < 4.78 is 17.0. The van der Waals surface area contributed by atoms with E-state index < -0.39 is 6.10 Å². The Hall–Kier alpha value is -3.93. The Morgan fingerprint density at radius 1 is 0.253 bits per heavy atom. The third-order valence-electron chi connectivity index (χ3n) is 15.2. The van der Waals surface area contributed by atoms with Crippen LogP contribution in [0, 0.1) is 0 Å². The zero-order chi connectivity index (χ0) is 59.9. The van der Waals surface area contributed by atoms with Crippen LogP contribution in [0.15, 0.2) is 109 Å². The van der Waals surface area contributed by atoms with Crippen LogP contribution in [0.4, 0.5) is 0 Å². The summed E-state index contributed by atoms with van der Waals surface area (Å²) in [6.07, 6.45) is 96.9. The molecule has 0 heterocycles. The SMILES string of the molecule is CC/C=C\C/C=C\C/C=C\C/C=C\C/C=C\CCCCCCCCCCCCCCCCCC(=O)OCC(COC(=O)CCCCCCC/C=C\C/C=C\C/C=C\CC)OC(=O)CCCCCCCCCCC/C=C\CCCCCCCC. The summed E-state index contributed by atoms with van der Waals surface area (Å²) in [4.78, 5) is 38.4. The van der Waals surface area contributed by atoms with E-state index >= 15 is 0 Å². The lowest BCUT2D eigenvalue weighted by Crippen LogP contribution is -2.30. The Labute approximate surface area is 514 Å². The Morgan fingerprint density at radius 3 is 0.747 bits per heavy atom. The van der Waals surface area contributed by atoms with Crippen molar-refractivity contribution in [3.8, 4) is 0 Å². The standard InChI is InChI=1S/C77H132O6/c1-4-7-10-13-16-19-22-25-28-30-32-33-34-35-36-37-38-39-40-41-42-43-45-46-49-52-55-58-61-64-67-70-76(79)82-73-74(72-81-75(78)69-66-63-60-57-54-51-48-27-24-21-18-15-12-9-6-3)83-77(80)71-68-65-62-59-56-53-50-47-44-31-29-26-23-20-17-14-11-8-5-2/h7,9-10,12,16,18-19,21,25-29,32-33,35-36,48,74H,4-6,8,11,13-15,17,20,22-24,30-31,34,37-47,49-73H2,1-3H3/b10-7-,12-9-,19-16-,21-18-,28-25-,29-26-,33-32-,36-35-,48-27-. The van der Waals surface area contributed by atoms with Crippen molar-refractivity contribution in [1.82, 2.24) is 0 Å². The average molecular weight is 1150 g/mol. The van der Waals surface area contributed by atoms with Crippen LogP contribution in [0.25, 0.3) is 0 Å². The largest absolute Gasteiger partial charge is 0.462 e. The van der Waals surface area contributed by atoms with Crippen LogP contribution in [0.5, 0.6) is 0 Å². The molecule has 0 aromatic carbocycles. The highest BCUT2D eigenvalue weighted by Crippen LogP contribution is 2.17. The summed E-state index contributed by atoms with van der Waals surface area (Å²) in [5.41, 5.74) is 0. The van der Waals surface area contributed by atoms with Crippen LogP contribution in [0.3, 0.4) is 0 Å². The summed E-state index contributed by atoms with van der Waals surface area (Å²) >= 11 is 0. The number of allylic oxidation sites excluding steroid dienone is 18. The maximum Gasteiger partial charge on any atom is 0.306 e. The number of hydrogen-bond acceptors (Lipinski definition) is 6. The number of esters is 3. The van der Waals surface area contributed by atoms with E-state index in [0.29, 0.717) is 19.3 Å². The van der Waals surface area contributed by atoms with Gasteiger partial charge in [0.25, 0.3) is 0 Å². The van der Waals surface area contributed by atoms with Gasteiger partial charge < -0.3 is 14.2 Å². The summed E-state index contributed by atoms with van der Waals surface area (Å²) in [7, 11) is 0. The van der Waals surface area contributed by atoms with E-state index in [4.69, 9.17) is 14.2 Å². The molecule has 0 rings (SSSR count). The Kier molecular flexibility index (Phi) is 67.2. The van der Waals surface area contributed by atoms with E-state index in [1.165, 1.54) is 173 Å².